The predicted octanol–water partition coefficient (Wildman–Crippen LogP) is 0.414. The largest absolute Gasteiger partial charge is 0.271 e. The van der Waals surface area contributed by atoms with Crippen LogP contribution in [0.25, 0.3) is 0 Å². The lowest BCUT2D eigenvalue weighted by Crippen LogP contribution is -2.37. The molecule has 50 valence electrons. The fourth-order valence-corrected chi connectivity index (χ4v) is 1.97. The Morgan fingerprint density at radius 1 is 1.33 bits per heavy atom. The minimum Gasteiger partial charge on any atom is -0.271 e. The van der Waals surface area contributed by atoms with E-state index in [1.165, 1.54) is 12.8 Å². The van der Waals surface area contributed by atoms with Crippen LogP contribution in [0.5, 0.6) is 0 Å². The Morgan fingerprint density at radius 2 is 2.22 bits per heavy atom. The molecule has 2 nitrogen and oxygen atoms in total. The monoisotopic (exact) mass is 124 g/mol. The van der Waals surface area contributed by atoms with Crippen LogP contribution in [0, 0.1) is 11.8 Å². The molecule has 0 saturated heterocycles. The van der Waals surface area contributed by atoms with E-state index in [-0.39, 0.29) is 0 Å². The van der Waals surface area contributed by atoms with Crippen LogP contribution in [0.2, 0.25) is 0 Å². The molecule has 1 fully saturated rings. The number of hydrogen-bond acceptors (Lipinski definition) is 2. The molecule has 3 atom stereocenters. The van der Waals surface area contributed by atoms with Gasteiger partial charge in [-0.2, -0.15) is 0 Å². The van der Waals surface area contributed by atoms with Crippen LogP contribution >= 0.6 is 0 Å². The molecular weight excluding hydrogens is 112 g/mol. The molecule has 0 unspecified atom stereocenters. The molecule has 1 saturated carbocycles. The summed E-state index contributed by atoms with van der Waals surface area (Å²) in [5, 5.41) is 0. The van der Waals surface area contributed by atoms with Crippen molar-refractivity contribution in [2.24, 2.45) is 17.7 Å². The predicted molar refractivity (Wildman–Crippen MR) is 36.5 cm³/mol. The van der Waals surface area contributed by atoms with Crippen molar-refractivity contribution in [3.05, 3.63) is 12.2 Å². The molecule has 0 aromatic carbocycles. The molecule has 0 spiro atoms. The Labute approximate surface area is 55.1 Å². The summed E-state index contributed by atoms with van der Waals surface area (Å²) < 4.78 is 0. The summed E-state index contributed by atoms with van der Waals surface area (Å²) in [6.07, 6.45) is 7.18. The molecule has 0 amide bonds. The lowest BCUT2D eigenvalue weighted by Gasteiger charge is -2.15. The van der Waals surface area contributed by atoms with Crippen molar-refractivity contribution in [1.82, 2.24) is 5.43 Å². The van der Waals surface area contributed by atoms with Crippen LogP contribution in [-0.2, 0) is 0 Å². The van der Waals surface area contributed by atoms with E-state index in [2.05, 4.69) is 17.6 Å². The third-order valence-electron chi connectivity index (χ3n) is 2.49. The number of hydrogen-bond donors (Lipinski definition) is 2. The van der Waals surface area contributed by atoms with Gasteiger partial charge < -0.3 is 0 Å². The number of nitrogens with one attached hydrogen (secondary N) is 1. The van der Waals surface area contributed by atoms with Gasteiger partial charge in [0.1, 0.15) is 0 Å². The van der Waals surface area contributed by atoms with E-state index < -0.39 is 0 Å². The van der Waals surface area contributed by atoms with Crippen molar-refractivity contribution in [2.75, 3.05) is 0 Å². The van der Waals surface area contributed by atoms with E-state index in [0.29, 0.717) is 6.04 Å². The van der Waals surface area contributed by atoms with Crippen LogP contribution in [-0.4, -0.2) is 6.04 Å². The summed E-state index contributed by atoms with van der Waals surface area (Å²) in [6.45, 7) is 0. The van der Waals surface area contributed by atoms with Gasteiger partial charge in [0.05, 0.1) is 0 Å². The number of rotatable bonds is 1. The van der Waals surface area contributed by atoms with Crippen LogP contribution < -0.4 is 11.3 Å². The highest BCUT2D eigenvalue weighted by atomic mass is 15.2. The van der Waals surface area contributed by atoms with Crippen molar-refractivity contribution >= 4 is 0 Å². The maximum Gasteiger partial charge on any atom is 0.0279 e. The third kappa shape index (κ3) is 0.705. The van der Waals surface area contributed by atoms with Gasteiger partial charge in [0.25, 0.3) is 0 Å². The Morgan fingerprint density at radius 3 is 2.56 bits per heavy atom. The van der Waals surface area contributed by atoms with Crippen LogP contribution in [0.3, 0.4) is 0 Å². The topological polar surface area (TPSA) is 38.0 Å². The zero-order valence-electron chi connectivity index (χ0n) is 5.38. The maximum atomic E-state index is 5.34. The lowest BCUT2D eigenvalue weighted by atomic mass is 10.0. The van der Waals surface area contributed by atoms with Gasteiger partial charge in [-0.05, 0) is 24.7 Å². The molecule has 0 aliphatic heterocycles. The van der Waals surface area contributed by atoms with Gasteiger partial charge in [0.15, 0.2) is 0 Å². The Balaban J connectivity index is 2.10. The van der Waals surface area contributed by atoms with Crippen molar-refractivity contribution in [1.29, 1.82) is 0 Å². The van der Waals surface area contributed by atoms with E-state index in [0.717, 1.165) is 11.8 Å². The molecular formula is C7H12N2. The van der Waals surface area contributed by atoms with Crippen molar-refractivity contribution in [2.45, 2.75) is 18.9 Å². The Bertz CT molecular complexity index is 142. The first-order chi connectivity index (χ1) is 4.40. The van der Waals surface area contributed by atoms with Gasteiger partial charge in [0.2, 0.25) is 0 Å². The first-order valence-electron chi connectivity index (χ1n) is 3.54. The number of nitrogens with two attached hydrogens (primary N) is 1. The molecule has 2 aliphatic rings. The first-order valence-corrected chi connectivity index (χ1v) is 3.54. The SMILES string of the molecule is NN[C@@H]1C[C@H]2C=C[C@H]1C2. The standard InChI is InChI=1S/C7H12N2/c8-9-7-4-5-1-2-6(7)3-5/h1-2,5-7,9H,3-4,8H2/t5-,6-,7+/m0/s1. The second kappa shape index (κ2) is 1.82. The van der Waals surface area contributed by atoms with Gasteiger partial charge >= 0.3 is 0 Å². The van der Waals surface area contributed by atoms with Crippen LogP contribution in [0.1, 0.15) is 12.8 Å². The second-order valence-corrected chi connectivity index (χ2v) is 3.05. The molecule has 2 heteroatoms. The van der Waals surface area contributed by atoms with Crippen LogP contribution in [0.4, 0.5) is 0 Å². The highest BCUT2D eigenvalue weighted by Gasteiger charge is 2.34. The van der Waals surface area contributed by atoms with Crippen molar-refractivity contribution < 1.29 is 0 Å². The molecule has 2 rings (SSSR count). The molecule has 3 N–H and O–H groups in total. The first kappa shape index (κ1) is 5.45. The highest BCUT2D eigenvalue weighted by molar-refractivity contribution is 5.12. The van der Waals surface area contributed by atoms with E-state index in [1.807, 2.05) is 0 Å². The number of fused-ring (bicyclic) bond motifs is 2. The van der Waals surface area contributed by atoms with E-state index in [4.69, 9.17) is 5.84 Å². The van der Waals surface area contributed by atoms with Gasteiger partial charge in [-0.15, -0.1) is 0 Å². The molecule has 0 radical (unpaired) electrons. The molecule has 2 aliphatic carbocycles. The summed E-state index contributed by atoms with van der Waals surface area (Å²) in [4.78, 5) is 0. The summed E-state index contributed by atoms with van der Waals surface area (Å²) in [6, 6.07) is 0.569. The Kier molecular flexibility index (Phi) is 1.10. The molecule has 0 aromatic heterocycles. The summed E-state index contributed by atoms with van der Waals surface area (Å²) in [7, 11) is 0. The average molecular weight is 124 g/mol. The summed E-state index contributed by atoms with van der Waals surface area (Å²) in [5.74, 6) is 6.90. The van der Waals surface area contributed by atoms with E-state index in [9.17, 15) is 0 Å². The molecule has 0 heterocycles. The maximum absolute atomic E-state index is 5.34. The zero-order chi connectivity index (χ0) is 6.27. The minimum absolute atomic E-state index is 0.569. The minimum atomic E-state index is 0.569. The Hall–Kier alpha value is -0.340. The van der Waals surface area contributed by atoms with Gasteiger partial charge in [-0.25, -0.2) is 0 Å². The normalized spacial score (nSPS) is 46.6. The van der Waals surface area contributed by atoms with E-state index in [1.54, 1.807) is 0 Å². The van der Waals surface area contributed by atoms with Gasteiger partial charge in [-0.3, -0.25) is 11.3 Å². The fourth-order valence-electron chi connectivity index (χ4n) is 1.97. The smallest absolute Gasteiger partial charge is 0.0279 e. The zero-order valence-corrected chi connectivity index (χ0v) is 5.38. The highest BCUT2D eigenvalue weighted by Crippen LogP contribution is 2.38. The van der Waals surface area contributed by atoms with Gasteiger partial charge in [-0.1, -0.05) is 12.2 Å². The summed E-state index contributed by atoms with van der Waals surface area (Å²) >= 11 is 0. The quantitative estimate of drug-likeness (QED) is 0.302. The lowest BCUT2D eigenvalue weighted by molar-refractivity contribution is 0.463. The third-order valence-corrected chi connectivity index (χ3v) is 2.49. The van der Waals surface area contributed by atoms with Crippen LogP contribution in [0.15, 0.2) is 12.2 Å². The molecule has 2 bridgehead atoms. The molecule has 0 aromatic rings. The average Bonchev–Trinajstić information content (AvgIpc) is 2.45. The molecule has 9 heavy (non-hydrogen) atoms. The second-order valence-electron chi connectivity index (χ2n) is 3.05. The summed E-state index contributed by atoms with van der Waals surface area (Å²) in [5.41, 5.74) is 2.84. The van der Waals surface area contributed by atoms with Gasteiger partial charge in [0, 0.05) is 6.04 Å². The fraction of sp³-hybridized carbons (Fsp3) is 0.714. The van der Waals surface area contributed by atoms with Crippen molar-refractivity contribution in [3.63, 3.8) is 0 Å². The number of hydrazine groups is 1. The van der Waals surface area contributed by atoms with Crippen molar-refractivity contribution in [3.8, 4) is 0 Å². The van der Waals surface area contributed by atoms with E-state index >= 15 is 0 Å². The number of allylic oxidation sites excluding steroid dienone is 1.